The second kappa shape index (κ2) is 6.38. The Hall–Kier alpha value is -1.38. The minimum absolute atomic E-state index is 0.0734. The SMILES string of the molecule is CCC(=O)N1CCC(Nc2ccc(I)cc2[N+](=O)[O-])C1. The molecule has 0 saturated carbocycles. The molecule has 0 radical (unpaired) electrons. The average molecular weight is 389 g/mol. The third kappa shape index (κ3) is 3.38. The lowest BCUT2D eigenvalue weighted by atomic mass is 10.2. The lowest BCUT2D eigenvalue weighted by Crippen LogP contribution is -2.31. The van der Waals surface area contributed by atoms with Gasteiger partial charge in [0.05, 0.1) is 4.92 Å². The maximum absolute atomic E-state index is 11.6. The zero-order valence-electron chi connectivity index (χ0n) is 11.1. The van der Waals surface area contributed by atoms with Crippen molar-refractivity contribution in [2.24, 2.45) is 0 Å². The van der Waals surface area contributed by atoms with Crippen molar-refractivity contribution in [2.45, 2.75) is 25.8 Å². The number of hydrogen-bond donors (Lipinski definition) is 1. The van der Waals surface area contributed by atoms with Gasteiger partial charge >= 0.3 is 0 Å². The third-order valence-electron chi connectivity index (χ3n) is 3.36. The summed E-state index contributed by atoms with van der Waals surface area (Å²) in [7, 11) is 0. The summed E-state index contributed by atoms with van der Waals surface area (Å²) in [5.74, 6) is 0.131. The Balaban J connectivity index is 2.08. The van der Waals surface area contributed by atoms with E-state index in [4.69, 9.17) is 0 Å². The van der Waals surface area contributed by atoms with Crippen LogP contribution in [0.15, 0.2) is 18.2 Å². The number of rotatable bonds is 4. The normalized spacial score (nSPS) is 18.1. The maximum atomic E-state index is 11.6. The Morgan fingerprint density at radius 1 is 1.60 bits per heavy atom. The first kappa shape index (κ1) is 15.0. The first-order chi connectivity index (χ1) is 9.51. The van der Waals surface area contributed by atoms with Gasteiger partial charge in [0.15, 0.2) is 0 Å². The molecule has 1 amide bonds. The number of nitrogens with zero attached hydrogens (tertiary/aromatic N) is 2. The number of benzene rings is 1. The van der Waals surface area contributed by atoms with Crippen molar-refractivity contribution >= 4 is 39.9 Å². The highest BCUT2D eigenvalue weighted by molar-refractivity contribution is 14.1. The molecule has 2 rings (SSSR count). The van der Waals surface area contributed by atoms with Crippen LogP contribution in [0.4, 0.5) is 11.4 Å². The van der Waals surface area contributed by atoms with Crippen molar-refractivity contribution in [3.8, 4) is 0 Å². The molecule has 1 aliphatic rings. The number of nitro groups is 1. The van der Waals surface area contributed by atoms with E-state index in [1.54, 1.807) is 17.0 Å². The Labute approximate surface area is 130 Å². The Morgan fingerprint density at radius 2 is 2.35 bits per heavy atom. The Kier molecular flexibility index (Phi) is 4.79. The van der Waals surface area contributed by atoms with Crippen LogP contribution >= 0.6 is 22.6 Å². The molecular weight excluding hydrogens is 373 g/mol. The van der Waals surface area contributed by atoms with Gasteiger partial charge in [0, 0.05) is 35.2 Å². The molecule has 1 unspecified atom stereocenters. The highest BCUT2D eigenvalue weighted by atomic mass is 127. The highest BCUT2D eigenvalue weighted by Crippen LogP contribution is 2.28. The summed E-state index contributed by atoms with van der Waals surface area (Å²) in [6.07, 6.45) is 1.31. The van der Waals surface area contributed by atoms with Gasteiger partial charge in [-0.3, -0.25) is 14.9 Å². The van der Waals surface area contributed by atoms with Crippen molar-refractivity contribution < 1.29 is 9.72 Å². The molecule has 1 aromatic rings. The lowest BCUT2D eigenvalue weighted by Gasteiger charge is -2.17. The topological polar surface area (TPSA) is 75.5 Å². The fourth-order valence-electron chi connectivity index (χ4n) is 2.33. The molecule has 20 heavy (non-hydrogen) atoms. The van der Waals surface area contributed by atoms with Gasteiger partial charge in [-0.05, 0) is 41.1 Å². The molecule has 1 fully saturated rings. The van der Waals surface area contributed by atoms with Gasteiger partial charge in [-0.15, -0.1) is 0 Å². The molecule has 0 aromatic heterocycles. The van der Waals surface area contributed by atoms with Crippen molar-refractivity contribution in [2.75, 3.05) is 18.4 Å². The zero-order valence-corrected chi connectivity index (χ0v) is 13.3. The van der Waals surface area contributed by atoms with Crippen LogP contribution in [0, 0.1) is 13.7 Å². The number of amides is 1. The third-order valence-corrected chi connectivity index (χ3v) is 4.03. The molecule has 1 aromatic carbocycles. The van der Waals surface area contributed by atoms with E-state index in [2.05, 4.69) is 27.9 Å². The largest absolute Gasteiger partial charge is 0.375 e. The Bertz CT molecular complexity index is 536. The van der Waals surface area contributed by atoms with Crippen molar-refractivity contribution in [3.63, 3.8) is 0 Å². The molecule has 1 saturated heterocycles. The van der Waals surface area contributed by atoms with Gasteiger partial charge in [0.1, 0.15) is 5.69 Å². The van der Waals surface area contributed by atoms with Gasteiger partial charge in [-0.1, -0.05) is 6.92 Å². The summed E-state index contributed by atoms with van der Waals surface area (Å²) < 4.78 is 0.828. The van der Waals surface area contributed by atoms with Gasteiger partial charge in [0.25, 0.3) is 5.69 Å². The van der Waals surface area contributed by atoms with Crippen LogP contribution < -0.4 is 5.32 Å². The first-order valence-corrected chi connectivity index (χ1v) is 7.57. The Morgan fingerprint density at radius 3 is 3.00 bits per heavy atom. The maximum Gasteiger partial charge on any atom is 0.293 e. The molecule has 0 aliphatic carbocycles. The van der Waals surface area contributed by atoms with E-state index in [9.17, 15) is 14.9 Å². The smallest absolute Gasteiger partial charge is 0.293 e. The van der Waals surface area contributed by atoms with E-state index in [1.165, 1.54) is 0 Å². The quantitative estimate of drug-likeness (QED) is 0.488. The number of carbonyl (C=O) groups is 1. The number of hydrogen-bond acceptors (Lipinski definition) is 4. The van der Waals surface area contributed by atoms with Crippen molar-refractivity contribution in [3.05, 3.63) is 31.9 Å². The lowest BCUT2D eigenvalue weighted by molar-refractivity contribution is -0.384. The summed E-state index contributed by atoms with van der Waals surface area (Å²) in [6.45, 7) is 3.16. The number of halogens is 1. The van der Waals surface area contributed by atoms with E-state index in [0.29, 0.717) is 25.2 Å². The van der Waals surface area contributed by atoms with E-state index in [1.807, 2.05) is 13.0 Å². The molecule has 1 atom stereocenters. The van der Waals surface area contributed by atoms with Crippen LogP contribution in [-0.4, -0.2) is 34.9 Å². The first-order valence-electron chi connectivity index (χ1n) is 6.49. The van der Waals surface area contributed by atoms with E-state index >= 15 is 0 Å². The predicted molar refractivity (Wildman–Crippen MR) is 84.7 cm³/mol. The number of anilines is 1. The summed E-state index contributed by atoms with van der Waals surface area (Å²) in [5.41, 5.74) is 0.600. The minimum atomic E-state index is -0.381. The summed E-state index contributed by atoms with van der Waals surface area (Å²) in [5, 5.41) is 14.3. The van der Waals surface area contributed by atoms with Gasteiger partial charge in [-0.2, -0.15) is 0 Å². The molecular formula is C13H16IN3O3. The van der Waals surface area contributed by atoms with E-state index in [0.717, 1.165) is 9.99 Å². The van der Waals surface area contributed by atoms with Crippen LogP contribution in [0.2, 0.25) is 0 Å². The molecule has 7 heteroatoms. The fourth-order valence-corrected chi connectivity index (χ4v) is 2.80. The van der Waals surface area contributed by atoms with Crippen molar-refractivity contribution in [1.82, 2.24) is 4.90 Å². The zero-order chi connectivity index (χ0) is 14.7. The van der Waals surface area contributed by atoms with Crippen LogP contribution in [0.1, 0.15) is 19.8 Å². The van der Waals surface area contributed by atoms with Gasteiger partial charge in [0.2, 0.25) is 5.91 Å². The second-order valence-corrected chi connectivity index (χ2v) is 5.99. The molecule has 108 valence electrons. The average Bonchev–Trinajstić information content (AvgIpc) is 2.88. The predicted octanol–water partition coefficient (Wildman–Crippen LogP) is 2.62. The van der Waals surface area contributed by atoms with Crippen LogP contribution in [0.25, 0.3) is 0 Å². The van der Waals surface area contributed by atoms with Crippen LogP contribution in [0.5, 0.6) is 0 Å². The van der Waals surface area contributed by atoms with Crippen LogP contribution in [0.3, 0.4) is 0 Å². The fraction of sp³-hybridized carbons (Fsp3) is 0.462. The number of carbonyl (C=O) groups excluding carboxylic acids is 1. The molecule has 1 N–H and O–H groups in total. The van der Waals surface area contributed by atoms with Gasteiger partial charge < -0.3 is 10.2 Å². The standard InChI is InChI=1S/C13H16IN3O3/c1-2-13(18)16-6-5-10(8-16)15-11-4-3-9(14)7-12(11)17(19)20/h3-4,7,10,15H,2,5-6,8H2,1H3. The van der Waals surface area contributed by atoms with Crippen LogP contribution in [-0.2, 0) is 4.79 Å². The molecule has 0 bridgehead atoms. The minimum Gasteiger partial charge on any atom is -0.375 e. The molecule has 1 aliphatic heterocycles. The molecule has 0 spiro atoms. The monoisotopic (exact) mass is 389 g/mol. The highest BCUT2D eigenvalue weighted by Gasteiger charge is 2.26. The number of nitro benzene ring substituents is 1. The summed E-state index contributed by atoms with van der Waals surface area (Å²) >= 11 is 2.05. The van der Waals surface area contributed by atoms with Crippen molar-refractivity contribution in [1.29, 1.82) is 0 Å². The number of likely N-dealkylation sites (tertiary alicyclic amines) is 1. The van der Waals surface area contributed by atoms with E-state index in [-0.39, 0.29) is 22.6 Å². The summed E-state index contributed by atoms with van der Waals surface area (Å²) in [4.78, 5) is 24.1. The number of nitrogens with one attached hydrogen (secondary N) is 1. The second-order valence-electron chi connectivity index (χ2n) is 4.74. The molecule has 6 nitrogen and oxygen atoms in total. The molecule has 1 heterocycles. The van der Waals surface area contributed by atoms with E-state index < -0.39 is 0 Å². The summed E-state index contributed by atoms with van der Waals surface area (Å²) in [6, 6.07) is 5.18. The van der Waals surface area contributed by atoms with Gasteiger partial charge in [-0.25, -0.2) is 0 Å².